The molecule has 1 aliphatic heterocycles. The summed E-state index contributed by atoms with van der Waals surface area (Å²) in [6.07, 6.45) is 5.44. The Balaban J connectivity index is 1.61. The lowest BCUT2D eigenvalue weighted by Crippen LogP contribution is -2.50. The monoisotopic (exact) mass is 326 g/mol. The molecule has 0 saturated carbocycles. The van der Waals surface area contributed by atoms with Crippen LogP contribution in [0.25, 0.3) is 10.8 Å². The number of piperidine rings is 1. The van der Waals surface area contributed by atoms with Gasteiger partial charge in [-0.3, -0.25) is 10.2 Å². The Morgan fingerprint density at radius 1 is 1.00 bits per heavy atom. The van der Waals surface area contributed by atoms with Crippen molar-refractivity contribution >= 4 is 10.8 Å². The standard InChI is InChI=1S/C21H30N2O/c1-17(2)22-21(23-14-6-3-7-15-23)13-16-24-20-12-8-10-18-9-4-5-11-19(18)20/h4-5,8-12,17,21-22H,3,6-7,13-16H2,1-2H3. The fraction of sp³-hybridized carbons (Fsp3) is 0.524. The SMILES string of the molecule is CC(C)NC(CCOc1cccc2ccccc12)N1CCCCC1. The van der Waals surface area contributed by atoms with Gasteiger partial charge >= 0.3 is 0 Å². The van der Waals surface area contributed by atoms with Gasteiger partial charge in [-0.15, -0.1) is 0 Å². The fourth-order valence-electron chi connectivity index (χ4n) is 3.59. The van der Waals surface area contributed by atoms with Crippen molar-refractivity contribution in [2.45, 2.75) is 51.7 Å². The summed E-state index contributed by atoms with van der Waals surface area (Å²) >= 11 is 0. The highest BCUT2D eigenvalue weighted by Gasteiger charge is 2.21. The second kappa shape index (κ2) is 8.50. The van der Waals surface area contributed by atoms with E-state index in [-0.39, 0.29) is 0 Å². The van der Waals surface area contributed by atoms with E-state index in [0.29, 0.717) is 12.2 Å². The zero-order chi connectivity index (χ0) is 16.8. The number of hydrogen-bond donors (Lipinski definition) is 1. The van der Waals surface area contributed by atoms with Gasteiger partial charge in [0.2, 0.25) is 0 Å². The van der Waals surface area contributed by atoms with Crippen LogP contribution in [0.3, 0.4) is 0 Å². The van der Waals surface area contributed by atoms with Crippen molar-refractivity contribution in [3.05, 3.63) is 42.5 Å². The molecule has 0 bridgehead atoms. The fourth-order valence-corrected chi connectivity index (χ4v) is 3.59. The molecule has 0 radical (unpaired) electrons. The van der Waals surface area contributed by atoms with Crippen molar-refractivity contribution in [3.8, 4) is 5.75 Å². The van der Waals surface area contributed by atoms with Crippen LogP contribution in [0.2, 0.25) is 0 Å². The maximum Gasteiger partial charge on any atom is 0.127 e. The van der Waals surface area contributed by atoms with E-state index < -0.39 is 0 Å². The summed E-state index contributed by atoms with van der Waals surface area (Å²) in [5, 5.41) is 6.16. The van der Waals surface area contributed by atoms with Crippen molar-refractivity contribution in [2.24, 2.45) is 0 Å². The summed E-state index contributed by atoms with van der Waals surface area (Å²) in [5.74, 6) is 0.995. The second-order valence-electron chi connectivity index (χ2n) is 7.05. The molecule has 1 fully saturated rings. The summed E-state index contributed by atoms with van der Waals surface area (Å²) in [6, 6.07) is 15.2. The highest BCUT2D eigenvalue weighted by molar-refractivity contribution is 5.88. The van der Waals surface area contributed by atoms with Crippen molar-refractivity contribution in [2.75, 3.05) is 19.7 Å². The number of hydrogen-bond acceptors (Lipinski definition) is 3. The molecular weight excluding hydrogens is 296 g/mol. The average Bonchev–Trinajstić information content (AvgIpc) is 2.61. The molecule has 2 aromatic rings. The Morgan fingerprint density at radius 2 is 1.75 bits per heavy atom. The highest BCUT2D eigenvalue weighted by Crippen LogP contribution is 2.25. The van der Waals surface area contributed by atoms with Crippen molar-refractivity contribution in [1.29, 1.82) is 0 Å². The largest absolute Gasteiger partial charge is 0.493 e. The molecule has 2 aromatic carbocycles. The van der Waals surface area contributed by atoms with E-state index in [1.807, 2.05) is 0 Å². The van der Waals surface area contributed by atoms with Gasteiger partial charge in [0.05, 0.1) is 12.8 Å². The van der Waals surface area contributed by atoms with Crippen LogP contribution in [0, 0.1) is 0 Å². The van der Waals surface area contributed by atoms with Gasteiger partial charge in [0.25, 0.3) is 0 Å². The second-order valence-corrected chi connectivity index (χ2v) is 7.05. The maximum absolute atomic E-state index is 6.16. The number of likely N-dealkylation sites (tertiary alicyclic amines) is 1. The van der Waals surface area contributed by atoms with Gasteiger partial charge in [-0.05, 0) is 51.2 Å². The predicted octanol–water partition coefficient (Wildman–Crippen LogP) is 4.42. The topological polar surface area (TPSA) is 24.5 Å². The van der Waals surface area contributed by atoms with Gasteiger partial charge in [-0.25, -0.2) is 0 Å². The van der Waals surface area contributed by atoms with Gasteiger partial charge in [0.15, 0.2) is 0 Å². The number of benzene rings is 2. The molecule has 3 heteroatoms. The molecule has 3 nitrogen and oxygen atoms in total. The first kappa shape index (κ1) is 17.2. The lowest BCUT2D eigenvalue weighted by Gasteiger charge is -2.36. The van der Waals surface area contributed by atoms with Crippen LogP contribution in [-0.2, 0) is 0 Å². The van der Waals surface area contributed by atoms with E-state index in [9.17, 15) is 0 Å². The first-order valence-corrected chi connectivity index (χ1v) is 9.35. The Hall–Kier alpha value is -1.58. The first-order valence-electron chi connectivity index (χ1n) is 9.35. The molecule has 1 heterocycles. The number of nitrogens with one attached hydrogen (secondary N) is 1. The number of nitrogens with zero attached hydrogens (tertiary/aromatic N) is 1. The molecule has 0 amide bonds. The number of ether oxygens (including phenoxy) is 1. The minimum absolute atomic E-state index is 0.417. The van der Waals surface area contributed by atoms with E-state index in [1.54, 1.807) is 0 Å². The van der Waals surface area contributed by atoms with Gasteiger partial charge in [-0.2, -0.15) is 0 Å². The summed E-state index contributed by atoms with van der Waals surface area (Å²) < 4.78 is 6.16. The Bertz CT molecular complexity index is 629. The quantitative estimate of drug-likeness (QED) is 0.815. The predicted molar refractivity (Wildman–Crippen MR) is 102 cm³/mol. The molecule has 130 valence electrons. The average molecular weight is 326 g/mol. The highest BCUT2D eigenvalue weighted by atomic mass is 16.5. The van der Waals surface area contributed by atoms with Gasteiger partial charge in [-0.1, -0.05) is 42.8 Å². The summed E-state index contributed by atoms with van der Waals surface area (Å²) in [4.78, 5) is 2.59. The molecule has 1 atom stereocenters. The van der Waals surface area contributed by atoms with Crippen LogP contribution in [0.5, 0.6) is 5.75 Å². The molecule has 3 rings (SSSR count). The van der Waals surface area contributed by atoms with Crippen molar-refractivity contribution < 1.29 is 4.74 Å². The van der Waals surface area contributed by atoms with E-state index in [2.05, 4.69) is 66.5 Å². The van der Waals surface area contributed by atoms with Crippen molar-refractivity contribution in [3.63, 3.8) is 0 Å². The van der Waals surface area contributed by atoms with E-state index in [0.717, 1.165) is 18.8 Å². The summed E-state index contributed by atoms with van der Waals surface area (Å²) in [6.45, 7) is 7.61. The maximum atomic E-state index is 6.16. The third-order valence-electron chi connectivity index (χ3n) is 4.76. The zero-order valence-electron chi connectivity index (χ0n) is 15.0. The Morgan fingerprint density at radius 3 is 2.54 bits per heavy atom. The number of fused-ring (bicyclic) bond motifs is 1. The van der Waals surface area contributed by atoms with Crippen LogP contribution < -0.4 is 10.1 Å². The molecule has 24 heavy (non-hydrogen) atoms. The Kier molecular flexibility index (Phi) is 6.11. The molecule has 0 aromatic heterocycles. The first-order chi connectivity index (χ1) is 11.7. The van der Waals surface area contributed by atoms with E-state index in [4.69, 9.17) is 4.74 Å². The molecule has 0 aliphatic carbocycles. The van der Waals surface area contributed by atoms with Crippen LogP contribution >= 0.6 is 0 Å². The van der Waals surface area contributed by atoms with Gasteiger partial charge < -0.3 is 4.74 Å². The molecular formula is C21H30N2O. The van der Waals surface area contributed by atoms with Gasteiger partial charge in [0, 0.05) is 17.8 Å². The lowest BCUT2D eigenvalue weighted by molar-refractivity contribution is 0.108. The summed E-state index contributed by atoms with van der Waals surface area (Å²) in [5.41, 5.74) is 0. The normalized spacial score (nSPS) is 17.3. The van der Waals surface area contributed by atoms with Crippen LogP contribution in [-0.4, -0.2) is 36.8 Å². The molecule has 0 spiro atoms. The molecule has 1 unspecified atom stereocenters. The molecule has 1 aliphatic rings. The molecule has 1 saturated heterocycles. The lowest BCUT2D eigenvalue weighted by atomic mass is 10.1. The van der Waals surface area contributed by atoms with Crippen LogP contribution in [0.1, 0.15) is 39.5 Å². The van der Waals surface area contributed by atoms with E-state index >= 15 is 0 Å². The third kappa shape index (κ3) is 4.49. The van der Waals surface area contributed by atoms with Crippen molar-refractivity contribution in [1.82, 2.24) is 10.2 Å². The minimum Gasteiger partial charge on any atom is -0.493 e. The minimum atomic E-state index is 0.417. The summed E-state index contributed by atoms with van der Waals surface area (Å²) in [7, 11) is 0. The van der Waals surface area contributed by atoms with Crippen LogP contribution in [0.4, 0.5) is 0 Å². The molecule has 1 N–H and O–H groups in total. The third-order valence-corrected chi connectivity index (χ3v) is 4.76. The Labute approximate surface area is 146 Å². The van der Waals surface area contributed by atoms with E-state index in [1.165, 1.54) is 43.1 Å². The number of rotatable bonds is 7. The zero-order valence-corrected chi connectivity index (χ0v) is 15.0. The smallest absolute Gasteiger partial charge is 0.127 e. The van der Waals surface area contributed by atoms with Gasteiger partial charge in [0.1, 0.15) is 5.75 Å². The van der Waals surface area contributed by atoms with Crippen LogP contribution in [0.15, 0.2) is 42.5 Å².